The Morgan fingerprint density at radius 2 is 2.23 bits per heavy atom. The first-order chi connectivity index (χ1) is 6.06. The molecule has 0 atom stereocenters. The van der Waals surface area contributed by atoms with Crippen molar-refractivity contribution in [2.75, 3.05) is 26.1 Å². The van der Waals surface area contributed by atoms with Gasteiger partial charge in [-0.3, -0.25) is 0 Å². The molecular weight excluding hydrogens is 192 g/mol. The van der Waals surface area contributed by atoms with Crippen molar-refractivity contribution in [3.05, 3.63) is 4.88 Å². The summed E-state index contributed by atoms with van der Waals surface area (Å²) in [7, 11) is 4.99. The molecule has 0 saturated carbocycles. The number of nitrogens with zero attached hydrogens (tertiary/aromatic N) is 2. The number of hydrogen-bond donors (Lipinski definition) is 1. The van der Waals surface area contributed by atoms with Crippen LogP contribution in [0.15, 0.2) is 0 Å². The molecule has 0 unspecified atom stereocenters. The Morgan fingerprint density at radius 3 is 2.54 bits per heavy atom. The number of ether oxygens (including phenoxy) is 1. The fourth-order valence-electron chi connectivity index (χ4n) is 0.760. The van der Waals surface area contributed by atoms with Crippen molar-refractivity contribution in [2.45, 2.75) is 0 Å². The Balaban J connectivity index is 3.11. The highest BCUT2D eigenvalue weighted by molar-refractivity contribution is 7.17. The van der Waals surface area contributed by atoms with E-state index < -0.39 is 5.97 Å². The zero-order valence-corrected chi connectivity index (χ0v) is 8.38. The van der Waals surface area contributed by atoms with Crippen LogP contribution >= 0.6 is 11.3 Å². The largest absolute Gasteiger partial charge is 0.480 e. The van der Waals surface area contributed by atoms with Gasteiger partial charge in [-0.15, -0.1) is 0 Å². The smallest absolute Gasteiger partial charge is 0.351 e. The first kappa shape index (κ1) is 9.79. The van der Waals surface area contributed by atoms with Crippen LogP contribution in [0.25, 0.3) is 0 Å². The summed E-state index contributed by atoms with van der Waals surface area (Å²) >= 11 is 1.09. The lowest BCUT2D eigenvalue weighted by molar-refractivity contribution is 0.0698. The molecule has 1 aromatic heterocycles. The van der Waals surface area contributed by atoms with Crippen LogP contribution in [0.4, 0.5) is 5.13 Å². The van der Waals surface area contributed by atoms with Crippen LogP contribution in [-0.4, -0.2) is 37.3 Å². The second-order valence-corrected chi connectivity index (χ2v) is 3.51. The number of hydrogen-bond acceptors (Lipinski definition) is 5. The molecule has 0 bridgehead atoms. The lowest BCUT2D eigenvalue weighted by atomic mass is 10.5. The van der Waals surface area contributed by atoms with Crippen molar-refractivity contribution in [3.63, 3.8) is 0 Å². The maximum Gasteiger partial charge on any atom is 0.351 e. The number of carboxylic acid groups (broad SMARTS) is 1. The highest BCUT2D eigenvalue weighted by atomic mass is 32.1. The van der Waals surface area contributed by atoms with Gasteiger partial charge in [-0.2, -0.15) is 4.98 Å². The second-order valence-electron chi connectivity index (χ2n) is 2.53. The Hall–Kier alpha value is -1.30. The average molecular weight is 202 g/mol. The minimum Gasteiger partial charge on any atom is -0.480 e. The molecule has 1 N–H and O–H groups in total. The molecule has 1 heterocycles. The first-order valence-corrected chi connectivity index (χ1v) is 4.33. The van der Waals surface area contributed by atoms with Crippen molar-refractivity contribution in [3.8, 4) is 5.88 Å². The summed E-state index contributed by atoms with van der Waals surface area (Å²) in [4.78, 5) is 16.5. The number of methoxy groups -OCH3 is 1. The molecule has 0 aromatic carbocycles. The molecule has 1 aromatic rings. The number of rotatable bonds is 3. The van der Waals surface area contributed by atoms with Gasteiger partial charge in [0, 0.05) is 14.1 Å². The van der Waals surface area contributed by atoms with E-state index in [1.165, 1.54) is 7.11 Å². The third kappa shape index (κ3) is 1.89. The number of thiazole rings is 1. The fourth-order valence-corrected chi connectivity index (χ4v) is 1.56. The van der Waals surface area contributed by atoms with Crippen LogP contribution < -0.4 is 9.64 Å². The quantitative estimate of drug-likeness (QED) is 0.789. The van der Waals surface area contributed by atoms with E-state index in [4.69, 9.17) is 9.84 Å². The number of carbonyl (C=O) groups is 1. The lowest BCUT2D eigenvalue weighted by Crippen LogP contribution is -2.07. The Bertz CT molecular complexity index is 322. The van der Waals surface area contributed by atoms with Gasteiger partial charge in [-0.05, 0) is 0 Å². The zero-order chi connectivity index (χ0) is 10.0. The topological polar surface area (TPSA) is 62.7 Å². The number of anilines is 1. The molecule has 0 saturated heterocycles. The van der Waals surface area contributed by atoms with E-state index in [-0.39, 0.29) is 10.8 Å². The summed E-state index contributed by atoms with van der Waals surface area (Å²) in [6.45, 7) is 0. The predicted molar refractivity (Wildman–Crippen MR) is 50.0 cm³/mol. The summed E-state index contributed by atoms with van der Waals surface area (Å²) in [6.07, 6.45) is 0. The van der Waals surface area contributed by atoms with Gasteiger partial charge in [0.05, 0.1) is 7.11 Å². The molecule has 0 radical (unpaired) electrons. The van der Waals surface area contributed by atoms with Gasteiger partial charge in [0.15, 0.2) is 10.0 Å². The van der Waals surface area contributed by atoms with E-state index in [0.717, 1.165) is 11.3 Å². The standard InChI is InChI=1S/C7H10N2O3S/c1-9(2)7-8-5(12-3)4(13-7)6(10)11/h1-3H3,(H,10,11). The normalized spacial score (nSPS) is 9.77. The Kier molecular flexibility index (Phi) is 2.72. The molecule has 0 fully saturated rings. The van der Waals surface area contributed by atoms with E-state index in [2.05, 4.69) is 4.98 Å². The molecule has 0 aliphatic carbocycles. The molecule has 72 valence electrons. The Labute approximate surface area is 79.6 Å². The van der Waals surface area contributed by atoms with Crippen molar-refractivity contribution in [2.24, 2.45) is 0 Å². The first-order valence-electron chi connectivity index (χ1n) is 3.51. The molecular formula is C7H10N2O3S. The average Bonchev–Trinajstić information content (AvgIpc) is 2.47. The lowest BCUT2D eigenvalue weighted by Gasteiger charge is -2.04. The van der Waals surface area contributed by atoms with Crippen LogP contribution in [0.3, 0.4) is 0 Å². The molecule has 1 rings (SSSR count). The molecule has 13 heavy (non-hydrogen) atoms. The van der Waals surface area contributed by atoms with Gasteiger partial charge in [-0.1, -0.05) is 11.3 Å². The third-order valence-corrected chi connectivity index (χ3v) is 2.55. The number of carboxylic acids is 1. The van der Waals surface area contributed by atoms with Crippen LogP contribution in [0.5, 0.6) is 5.88 Å². The summed E-state index contributed by atoms with van der Waals surface area (Å²) in [6, 6.07) is 0. The van der Waals surface area contributed by atoms with E-state index in [9.17, 15) is 4.79 Å². The van der Waals surface area contributed by atoms with Gasteiger partial charge in [0.25, 0.3) is 0 Å². The summed E-state index contributed by atoms with van der Waals surface area (Å²) in [5, 5.41) is 9.38. The van der Waals surface area contributed by atoms with E-state index in [1.807, 2.05) is 0 Å². The van der Waals surface area contributed by atoms with E-state index in [1.54, 1.807) is 19.0 Å². The highest BCUT2D eigenvalue weighted by Gasteiger charge is 2.18. The monoisotopic (exact) mass is 202 g/mol. The molecule has 5 nitrogen and oxygen atoms in total. The van der Waals surface area contributed by atoms with Gasteiger partial charge >= 0.3 is 5.97 Å². The minimum absolute atomic E-state index is 0.131. The minimum atomic E-state index is -1.01. The SMILES string of the molecule is COc1nc(N(C)C)sc1C(=O)O. The van der Waals surface area contributed by atoms with Crippen LogP contribution in [-0.2, 0) is 0 Å². The van der Waals surface area contributed by atoms with E-state index >= 15 is 0 Å². The van der Waals surface area contributed by atoms with Crippen LogP contribution in [0, 0.1) is 0 Å². The third-order valence-electron chi connectivity index (χ3n) is 1.35. The molecule has 0 spiro atoms. The van der Waals surface area contributed by atoms with Crippen LogP contribution in [0.1, 0.15) is 9.67 Å². The molecule has 0 aliphatic heterocycles. The maximum atomic E-state index is 10.7. The van der Waals surface area contributed by atoms with Gasteiger partial charge < -0.3 is 14.7 Å². The van der Waals surface area contributed by atoms with Crippen LogP contribution in [0.2, 0.25) is 0 Å². The Morgan fingerprint density at radius 1 is 1.62 bits per heavy atom. The fraction of sp³-hybridized carbons (Fsp3) is 0.429. The van der Waals surface area contributed by atoms with Crippen molar-refractivity contribution < 1.29 is 14.6 Å². The summed E-state index contributed by atoms with van der Waals surface area (Å²) in [5.41, 5.74) is 0. The van der Waals surface area contributed by atoms with Crippen molar-refractivity contribution in [1.29, 1.82) is 0 Å². The maximum absolute atomic E-state index is 10.7. The molecule has 6 heteroatoms. The second kappa shape index (κ2) is 3.61. The molecule has 0 amide bonds. The number of aromatic carboxylic acids is 1. The summed E-state index contributed by atoms with van der Waals surface area (Å²) in [5.74, 6) is -0.844. The van der Waals surface area contributed by atoms with Crippen molar-refractivity contribution in [1.82, 2.24) is 4.98 Å². The van der Waals surface area contributed by atoms with Gasteiger partial charge in [0.2, 0.25) is 5.88 Å². The molecule has 0 aliphatic rings. The zero-order valence-electron chi connectivity index (χ0n) is 7.57. The highest BCUT2D eigenvalue weighted by Crippen LogP contribution is 2.29. The van der Waals surface area contributed by atoms with E-state index in [0.29, 0.717) is 5.13 Å². The predicted octanol–water partition coefficient (Wildman–Crippen LogP) is 0.916. The number of aromatic nitrogens is 1. The van der Waals surface area contributed by atoms with Crippen molar-refractivity contribution >= 4 is 22.4 Å². The van der Waals surface area contributed by atoms with Gasteiger partial charge in [-0.25, -0.2) is 4.79 Å². The van der Waals surface area contributed by atoms with Gasteiger partial charge in [0.1, 0.15) is 0 Å². The summed E-state index contributed by atoms with van der Waals surface area (Å²) < 4.78 is 4.83.